The Morgan fingerprint density at radius 3 is 2.16 bits per heavy atom. The van der Waals surface area contributed by atoms with E-state index in [0.29, 0.717) is 5.69 Å². The van der Waals surface area contributed by atoms with Crippen LogP contribution in [0.1, 0.15) is 55.3 Å². The van der Waals surface area contributed by atoms with Gasteiger partial charge < -0.3 is 4.57 Å². The van der Waals surface area contributed by atoms with Crippen molar-refractivity contribution >= 4 is 40.5 Å². The van der Waals surface area contributed by atoms with Gasteiger partial charge in [-0.3, -0.25) is 14.9 Å². The normalized spacial score (nSPS) is 30.0. The van der Waals surface area contributed by atoms with Crippen LogP contribution in [0.15, 0.2) is 54.1 Å². The minimum absolute atomic E-state index is 0.0378. The number of aryl methyl sites for hydroxylation is 1. The van der Waals surface area contributed by atoms with Gasteiger partial charge in [0, 0.05) is 29.2 Å². The molecule has 1 N–H and O–H groups in total. The maximum absolute atomic E-state index is 13.6. The summed E-state index contributed by atoms with van der Waals surface area (Å²) in [5.41, 5.74) is 4.80. The van der Waals surface area contributed by atoms with Gasteiger partial charge in [-0.25, -0.2) is 9.69 Å². The molecule has 4 bridgehead atoms. The molecule has 4 amide bonds. The van der Waals surface area contributed by atoms with Crippen molar-refractivity contribution in [1.82, 2.24) is 9.88 Å². The zero-order valence-electron chi connectivity index (χ0n) is 21.3. The van der Waals surface area contributed by atoms with Gasteiger partial charge in [-0.2, -0.15) is 0 Å². The zero-order chi connectivity index (χ0) is 25.5. The molecule has 2 aromatic carbocycles. The molecular weight excluding hydrogens is 462 g/mol. The highest BCUT2D eigenvalue weighted by molar-refractivity contribution is 6.39. The molecule has 4 saturated carbocycles. The van der Waals surface area contributed by atoms with Crippen LogP contribution in [0.25, 0.3) is 17.0 Å². The van der Waals surface area contributed by atoms with Crippen LogP contribution in [0.5, 0.6) is 0 Å². The first-order valence-electron chi connectivity index (χ1n) is 13.4. The van der Waals surface area contributed by atoms with Crippen molar-refractivity contribution in [1.29, 1.82) is 0 Å². The highest BCUT2D eigenvalue weighted by Crippen LogP contribution is 2.60. The molecule has 188 valence electrons. The summed E-state index contributed by atoms with van der Waals surface area (Å²) in [5, 5.41) is 3.34. The van der Waals surface area contributed by atoms with Gasteiger partial charge in [0.15, 0.2) is 0 Å². The van der Waals surface area contributed by atoms with Crippen LogP contribution in [-0.4, -0.2) is 22.4 Å². The summed E-state index contributed by atoms with van der Waals surface area (Å²) in [5.74, 6) is 1.28. The monoisotopic (exact) mass is 493 g/mol. The largest absolute Gasteiger partial charge is 0.347 e. The third-order valence-corrected chi connectivity index (χ3v) is 9.61. The van der Waals surface area contributed by atoms with E-state index in [1.54, 1.807) is 6.08 Å². The second-order valence-electron chi connectivity index (χ2n) is 11.8. The van der Waals surface area contributed by atoms with Crippen LogP contribution < -0.4 is 10.2 Å². The number of nitrogens with zero attached hydrogens (tertiary/aromatic N) is 2. The first kappa shape index (κ1) is 22.5. The lowest BCUT2D eigenvalue weighted by molar-refractivity contribution is -0.122. The number of fused-ring (bicyclic) bond motifs is 1. The Morgan fingerprint density at radius 1 is 0.892 bits per heavy atom. The van der Waals surface area contributed by atoms with Gasteiger partial charge in [-0.1, -0.05) is 30.3 Å². The number of imide groups is 2. The first-order chi connectivity index (χ1) is 17.8. The summed E-state index contributed by atoms with van der Waals surface area (Å²) in [6, 6.07) is 15.2. The molecule has 37 heavy (non-hydrogen) atoms. The molecule has 6 nitrogen and oxygen atoms in total. The second kappa shape index (κ2) is 7.91. The molecule has 1 aliphatic heterocycles. The van der Waals surface area contributed by atoms with Gasteiger partial charge in [0.1, 0.15) is 5.57 Å². The number of amides is 4. The lowest BCUT2D eigenvalue weighted by atomic mass is 9.48. The lowest BCUT2D eigenvalue weighted by Crippen LogP contribution is -2.54. The summed E-state index contributed by atoms with van der Waals surface area (Å²) in [6.45, 7) is 1.96. The van der Waals surface area contributed by atoms with Crippen molar-refractivity contribution in [3.63, 3.8) is 0 Å². The Bertz CT molecular complexity index is 1480. The van der Waals surface area contributed by atoms with Crippen LogP contribution in [-0.2, 0) is 22.1 Å². The van der Waals surface area contributed by atoms with E-state index in [9.17, 15) is 14.4 Å². The van der Waals surface area contributed by atoms with E-state index >= 15 is 0 Å². The van der Waals surface area contributed by atoms with Crippen molar-refractivity contribution < 1.29 is 14.4 Å². The SMILES string of the molecule is Cc1c(/C=C2/C(=O)NC(=O)N(c3ccc(C45CC6CC(CC(C6)C4)C5)cc3)C2=O)c2ccccc2n1C. The van der Waals surface area contributed by atoms with E-state index in [1.165, 1.54) is 44.1 Å². The molecule has 4 aliphatic carbocycles. The number of barbiturate groups is 1. The fraction of sp³-hybridized carbons (Fsp3) is 0.387. The Morgan fingerprint density at radius 2 is 1.51 bits per heavy atom. The fourth-order valence-corrected chi connectivity index (χ4v) is 8.20. The molecule has 0 spiro atoms. The standard InChI is InChI=1S/C31H31N3O3/c1-18-25(24-5-3-4-6-27(24)33(18)2)14-26-28(35)32-30(37)34(29(26)36)23-9-7-22(8-10-23)31-15-19-11-20(16-31)13-21(12-19)17-31/h3-10,14,19-21H,11-13,15-17H2,1-2H3,(H,32,35,37)/b26-14-. The number of aromatic nitrogens is 1. The number of rotatable bonds is 3. The quantitative estimate of drug-likeness (QED) is 0.380. The average molecular weight is 494 g/mol. The van der Waals surface area contributed by atoms with Crippen molar-refractivity contribution in [3.8, 4) is 0 Å². The number of nitrogens with one attached hydrogen (secondary N) is 1. The number of hydrogen-bond donors (Lipinski definition) is 1. The fourth-order valence-electron chi connectivity index (χ4n) is 8.20. The van der Waals surface area contributed by atoms with Crippen molar-refractivity contribution in [2.24, 2.45) is 24.8 Å². The molecule has 5 aliphatic rings. The molecule has 3 aromatic rings. The van der Waals surface area contributed by atoms with E-state index < -0.39 is 17.8 Å². The highest BCUT2D eigenvalue weighted by Gasteiger charge is 2.51. The van der Waals surface area contributed by atoms with Gasteiger partial charge in [-0.15, -0.1) is 0 Å². The Kier molecular flexibility index (Phi) is 4.82. The molecule has 8 rings (SSSR count). The maximum atomic E-state index is 13.6. The molecule has 5 fully saturated rings. The van der Waals surface area contributed by atoms with E-state index in [2.05, 4.69) is 17.4 Å². The summed E-state index contributed by atoms with van der Waals surface area (Å²) in [6.07, 6.45) is 9.56. The molecule has 0 radical (unpaired) electrons. The third kappa shape index (κ3) is 3.34. The van der Waals surface area contributed by atoms with Crippen molar-refractivity contribution in [3.05, 3.63) is 70.9 Å². The Balaban J connectivity index is 1.23. The molecular formula is C31H31N3O3. The topological polar surface area (TPSA) is 71.4 Å². The van der Waals surface area contributed by atoms with E-state index in [4.69, 9.17) is 0 Å². The Labute approximate surface area is 216 Å². The Hall–Kier alpha value is -3.67. The van der Waals surface area contributed by atoms with Crippen LogP contribution in [0.2, 0.25) is 0 Å². The van der Waals surface area contributed by atoms with Crippen molar-refractivity contribution in [2.75, 3.05) is 4.90 Å². The first-order valence-corrected chi connectivity index (χ1v) is 13.4. The third-order valence-electron chi connectivity index (χ3n) is 9.61. The van der Waals surface area contributed by atoms with Gasteiger partial charge in [-0.05, 0) is 98.5 Å². The number of urea groups is 1. The molecule has 0 unspecified atom stereocenters. The number of benzene rings is 2. The molecule has 2 heterocycles. The lowest BCUT2D eigenvalue weighted by Gasteiger charge is -2.57. The van der Waals surface area contributed by atoms with Crippen LogP contribution in [0, 0.1) is 24.7 Å². The van der Waals surface area contributed by atoms with Crippen molar-refractivity contribution in [2.45, 2.75) is 50.9 Å². The van der Waals surface area contributed by atoms with Crippen LogP contribution in [0.3, 0.4) is 0 Å². The maximum Gasteiger partial charge on any atom is 0.335 e. The van der Waals surface area contributed by atoms with Crippen LogP contribution >= 0.6 is 0 Å². The van der Waals surface area contributed by atoms with E-state index in [-0.39, 0.29) is 11.0 Å². The molecule has 6 heteroatoms. The number of para-hydroxylation sites is 1. The predicted molar refractivity (Wildman–Crippen MR) is 143 cm³/mol. The van der Waals surface area contributed by atoms with E-state index in [0.717, 1.165) is 44.8 Å². The number of hydrogen-bond acceptors (Lipinski definition) is 3. The predicted octanol–water partition coefficient (Wildman–Crippen LogP) is 5.62. The molecule has 1 saturated heterocycles. The summed E-state index contributed by atoms with van der Waals surface area (Å²) >= 11 is 0. The number of carbonyl (C=O) groups excluding carboxylic acids is 3. The van der Waals surface area contributed by atoms with Crippen LogP contribution in [0.4, 0.5) is 10.5 Å². The van der Waals surface area contributed by atoms with Gasteiger partial charge in [0.05, 0.1) is 5.69 Å². The van der Waals surface area contributed by atoms with Gasteiger partial charge >= 0.3 is 6.03 Å². The summed E-state index contributed by atoms with van der Waals surface area (Å²) < 4.78 is 2.04. The minimum atomic E-state index is -0.704. The summed E-state index contributed by atoms with van der Waals surface area (Å²) in [4.78, 5) is 40.3. The smallest absolute Gasteiger partial charge is 0.335 e. The number of anilines is 1. The van der Waals surface area contributed by atoms with Gasteiger partial charge in [0.2, 0.25) is 0 Å². The highest BCUT2D eigenvalue weighted by atomic mass is 16.2. The zero-order valence-corrected chi connectivity index (χ0v) is 21.3. The minimum Gasteiger partial charge on any atom is -0.347 e. The summed E-state index contributed by atoms with van der Waals surface area (Å²) in [7, 11) is 1.96. The molecule has 1 aromatic heterocycles. The second-order valence-corrected chi connectivity index (χ2v) is 11.8. The van der Waals surface area contributed by atoms with E-state index in [1.807, 2.05) is 54.9 Å². The van der Waals surface area contributed by atoms with Gasteiger partial charge in [0.25, 0.3) is 11.8 Å². The molecule has 0 atom stereocenters. The average Bonchev–Trinajstić information content (AvgIpc) is 3.11. The number of carbonyl (C=O) groups is 3.